The molecule has 3 aromatic rings. The molecule has 0 aliphatic carbocycles. The zero-order valence-corrected chi connectivity index (χ0v) is 21.9. The van der Waals surface area contributed by atoms with Crippen LogP contribution in [0.25, 0.3) is 22.4 Å². The van der Waals surface area contributed by atoms with Gasteiger partial charge in [0.05, 0.1) is 44.2 Å². The second kappa shape index (κ2) is 10.6. The van der Waals surface area contributed by atoms with E-state index in [1.165, 1.54) is 7.11 Å². The average molecular weight is 512 g/mol. The SMILES string of the molecule is COc1cc(-c2cnc3[nH]cc(C(=O)NCC4CCNC4OC(=O)C(C)(C)C)c3n2)cc(OC)c1OC. The molecule has 0 saturated carbocycles. The number of rotatable bonds is 8. The van der Waals surface area contributed by atoms with E-state index in [0.29, 0.717) is 58.3 Å². The largest absolute Gasteiger partial charge is 0.493 e. The van der Waals surface area contributed by atoms with E-state index < -0.39 is 11.6 Å². The molecule has 0 radical (unpaired) electrons. The van der Waals surface area contributed by atoms with Crippen molar-refractivity contribution in [3.05, 3.63) is 30.1 Å². The zero-order chi connectivity index (χ0) is 26.7. The normalized spacial score (nSPS) is 17.5. The molecule has 1 aliphatic heterocycles. The van der Waals surface area contributed by atoms with Gasteiger partial charge in [0.15, 0.2) is 23.4 Å². The van der Waals surface area contributed by atoms with Crippen LogP contribution in [0, 0.1) is 11.3 Å². The van der Waals surface area contributed by atoms with Crippen molar-refractivity contribution in [2.75, 3.05) is 34.4 Å². The summed E-state index contributed by atoms with van der Waals surface area (Å²) < 4.78 is 21.9. The number of H-pyrrole nitrogens is 1. The summed E-state index contributed by atoms with van der Waals surface area (Å²) in [4.78, 5) is 37.6. The highest BCUT2D eigenvalue weighted by molar-refractivity contribution is 6.04. The molecule has 1 fully saturated rings. The Morgan fingerprint density at radius 2 is 1.81 bits per heavy atom. The van der Waals surface area contributed by atoms with Gasteiger partial charge in [-0.2, -0.15) is 0 Å². The maximum absolute atomic E-state index is 13.1. The highest BCUT2D eigenvalue weighted by Gasteiger charge is 2.34. The Morgan fingerprint density at radius 3 is 2.43 bits per heavy atom. The minimum Gasteiger partial charge on any atom is -0.493 e. The van der Waals surface area contributed by atoms with Crippen LogP contribution in [0.1, 0.15) is 37.6 Å². The third-order valence-electron chi connectivity index (χ3n) is 6.25. The summed E-state index contributed by atoms with van der Waals surface area (Å²) in [6, 6.07) is 3.55. The van der Waals surface area contributed by atoms with Crippen molar-refractivity contribution in [1.82, 2.24) is 25.6 Å². The summed E-state index contributed by atoms with van der Waals surface area (Å²) >= 11 is 0. The molecule has 1 aromatic carbocycles. The number of hydrogen-bond donors (Lipinski definition) is 3. The van der Waals surface area contributed by atoms with Gasteiger partial charge < -0.3 is 29.2 Å². The van der Waals surface area contributed by atoms with Crippen molar-refractivity contribution in [2.24, 2.45) is 11.3 Å². The number of methoxy groups -OCH3 is 3. The first kappa shape index (κ1) is 26.2. The van der Waals surface area contributed by atoms with Crippen molar-refractivity contribution in [2.45, 2.75) is 33.4 Å². The lowest BCUT2D eigenvalue weighted by atomic mass is 9.97. The molecular weight excluding hydrogens is 478 g/mol. The summed E-state index contributed by atoms with van der Waals surface area (Å²) in [7, 11) is 4.62. The Balaban J connectivity index is 1.53. The average Bonchev–Trinajstić information content (AvgIpc) is 3.51. The van der Waals surface area contributed by atoms with Gasteiger partial charge in [-0.05, 0) is 45.9 Å². The molecular formula is C26H33N5O6. The number of carbonyl (C=O) groups is 2. The lowest BCUT2D eigenvalue weighted by Crippen LogP contribution is -2.41. The van der Waals surface area contributed by atoms with Gasteiger partial charge in [0, 0.05) is 24.2 Å². The van der Waals surface area contributed by atoms with Crippen molar-refractivity contribution in [1.29, 1.82) is 0 Å². The van der Waals surface area contributed by atoms with E-state index in [9.17, 15) is 9.59 Å². The van der Waals surface area contributed by atoms with Crippen molar-refractivity contribution in [3.63, 3.8) is 0 Å². The molecule has 1 amide bonds. The molecule has 37 heavy (non-hydrogen) atoms. The molecule has 3 N–H and O–H groups in total. The van der Waals surface area contributed by atoms with Gasteiger partial charge in [0.1, 0.15) is 5.52 Å². The number of esters is 1. The van der Waals surface area contributed by atoms with Crippen molar-refractivity contribution < 1.29 is 28.5 Å². The molecule has 1 aliphatic rings. The van der Waals surface area contributed by atoms with Gasteiger partial charge in [0.2, 0.25) is 5.75 Å². The topological polar surface area (TPSA) is 137 Å². The molecule has 11 heteroatoms. The first-order chi connectivity index (χ1) is 17.7. The molecule has 198 valence electrons. The summed E-state index contributed by atoms with van der Waals surface area (Å²) in [5.74, 6) is 0.818. The highest BCUT2D eigenvalue weighted by Crippen LogP contribution is 2.41. The molecule has 3 heterocycles. The lowest BCUT2D eigenvalue weighted by molar-refractivity contribution is -0.161. The molecule has 2 aromatic heterocycles. The van der Waals surface area contributed by atoms with E-state index in [1.54, 1.807) is 38.7 Å². The van der Waals surface area contributed by atoms with Crippen LogP contribution in [0.3, 0.4) is 0 Å². The van der Waals surface area contributed by atoms with E-state index in [1.807, 2.05) is 20.8 Å². The summed E-state index contributed by atoms with van der Waals surface area (Å²) in [6.07, 6.45) is 3.53. The van der Waals surface area contributed by atoms with Crippen molar-refractivity contribution >= 4 is 23.0 Å². The first-order valence-corrected chi connectivity index (χ1v) is 12.0. The van der Waals surface area contributed by atoms with E-state index in [0.717, 1.165) is 6.42 Å². The molecule has 1 saturated heterocycles. The van der Waals surface area contributed by atoms with Crippen LogP contribution in [-0.2, 0) is 9.53 Å². The number of ether oxygens (including phenoxy) is 4. The standard InChI is InChI=1S/C26H33N5O6/c1-26(2,3)25(33)37-24-14(7-8-27-24)11-30-23(32)16-12-28-22-20(16)31-17(13-29-22)15-9-18(34-4)21(36-6)19(10-15)35-5/h9-10,12-14,24,27H,7-8,11H2,1-6H3,(H,28,29)(H,30,32). The van der Waals surface area contributed by atoms with Crippen molar-refractivity contribution in [3.8, 4) is 28.5 Å². The predicted octanol–water partition coefficient (Wildman–Crippen LogP) is 2.91. The summed E-state index contributed by atoms with van der Waals surface area (Å²) in [5.41, 5.74) is 1.92. The van der Waals surface area contributed by atoms with Gasteiger partial charge >= 0.3 is 5.97 Å². The lowest BCUT2D eigenvalue weighted by Gasteiger charge is -2.24. The van der Waals surface area contributed by atoms with E-state index in [4.69, 9.17) is 23.9 Å². The van der Waals surface area contributed by atoms with Gasteiger partial charge in [0.25, 0.3) is 5.91 Å². The summed E-state index contributed by atoms with van der Waals surface area (Å²) in [6.45, 7) is 6.49. The first-order valence-electron chi connectivity index (χ1n) is 12.0. The van der Waals surface area contributed by atoms with Gasteiger partial charge in [-0.25, -0.2) is 9.97 Å². The van der Waals surface area contributed by atoms with Crippen LogP contribution in [0.5, 0.6) is 17.2 Å². The second-order valence-corrected chi connectivity index (χ2v) is 9.86. The number of aromatic amines is 1. The van der Waals surface area contributed by atoms with E-state index >= 15 is 0 Å². The number of nitrogens with one attached hydrogen (secondary N) is 3. The van der Waals surface area contributed by atoms with Crippen LogP contribution in [0.4, 0.5) is 0 Å². The number of aromatic nitrogens is 3. The fraction of sp³-hybridized carbons (Fsp3) is 0.462. The molecule has 0 bridgehead atoms. The number of hydrogen-bond acceptors (Lipinski definition) is 9. The number of nitrogens with zero attached hydrogens (tertiary/aromatic N) is 2. The van der Waals surface area contributed by atoms with Gasteiger partial charge in [-0.1, -0.05) is 0 Å². The Hall–Kier alpha value is -3.86. The fourth-order valence-corrected chi connectivity index (χ4v) is 4.12. The zero-order valence-electron chi connectivity index (χ0n) is 21.9. The van der Waals surface area contributed by atoms with Crippen LogP contribution >= 0.6 is 0 Å². The maximum atomic E-state index is 13.1. The number of fused-ring (bicyclic) bond motifs is 1. The van der Waals surface area contributed by atoms with Crippen LogP contribution in [-0.4, -0.2) is 67.5 Å². The molecule has 0 spiro atoms. The molecule has 11 nitrogen and oxygen atoms in total. The van der Waals surface area contributed by atoms with E-state index in [2.05, 4.69) is 20.6 Å². The Labute approximate surface area is 215 Å². The Kier molecular flexibility index (Phi) is 7.53. The van der Waals surface area contributed by atoms with Crippen LogP contribution in [0.15, 0.2) is 24.5 Å². The highest BCUT2D eigenvalue weighted by atomic mass is 16.6. The minimum atomic E-state index is -0.601. The fourth-order valence-electron chi connectivity index (χ4n) is 4.12. The third kappa shape index (κ3) is 5.46. The predicted molar refractivity (Wildman–Crippen MR) is 137 cm³/mol. The molecule has 2 unspecified atom stereocenters. The Morgan fingerprint density at radius 1 is 1.11 bits per heavy atom. The van der Waals surface area contributed by atoms with Gasteiger partial charge in [-0.15, -0.1) is 0 Å². The Bertz CT molecular complexity index is 1270. The van der Waals surface area contributed by atoms with Gasteiger partial charge in [-0.3, -0.25) is 14.9 Å². The second-order valence-electron chi connectivity index (χ2n) is 9.86. The number of amides is 1. The maximum Gasteiger partial charge on any atom is 0.312 e. The minimum absolute atomic E-state index is 0.0404. The van der Waals surface area contributed by atoms with Crippen LogP contribution in [0.2, 0.25) is 0 Å². The smallest absolute Gasteiger partial charge is 0.312 e. The molecule has 2 atom stereocenters. The third-order valence-corrected chi connectivity index (χ3v) is 6.25. The monoisotopic (exact) mass is 511 g/mol. The van der Waals surface area contributed by atoms with E-state index in [-0.39, 0.29) is 17.8 Å². The number of carbonyl (C=O) groups excluding carboxylic acids is 2. The molecule has 4 rings (SSSR count). The number of benzene rings is 1. The quantitative estimate of drug-likeness (QED) is 0.390. The van der Waals surface area contributed by atoms with Crippen LogP contribution < -0.4 is 24.8 Å². The summed E-state index contributed by atoms with van der Waals surface area (Å²) in [5, 5.41) is 6.16.